The van der Waals surface area contributed by atoms with E-state index in [1.807, 2.05) is 0 Å². The van der Waals surface area contributed by atoms with Crippen LogP contribution in [0.1, 0.15) is 5.69 Å². The number of alkyl halides is 3. The Bertz CT molecular complexity index is 1070. The van der Waals surface area contributed by atoms with Gasteiger partial charge in [0.2, 0.25) is 0 Å². The van der Waals surface area contributed by atoms with E-state index in [0.717, 1.165) is 10.9 Å². The zero-order valence-electron chi connectivity index (χ0n) is 13.3. The zero-order valence-corrected chi connectivity index (χ0v) is 14.1. The average molecular weight is 392 g/mol. The van der Waals surface area contributed by atoms with Crippen LogP contribution in [0.25, 0.3) is 22.9 Å². The van der Waals surface area contributed by atoms with Crippen LogP contribution >= 0.6 is 11.6 Å². The van der Waals surface area contributed by atoms with Crippen LogP contribution in [0.3, 0.4) is 0 Å². The molecular weight excluding hydrogens is 383 g/mol. The quantitative estimate of drug-likeness (QED) is 0.533. The summed E-state index contributed by atoms with van der Waals surface area (Å²) >= 11 is 5.86. The molecule has 0 bridgehead atoms. The van der Waals surface area contributed by atoms with E-state index in [4.69, 9.17) is 11.6 Å². The Labute approximate surface area is 155 Å². The SMILES string of the molecule is FC(F)(F)c1c(-c2nnnn2-c2ccc(Cl)cc2)cnn1-c1ccccn1. The predicted octanol–water partition coefficient (Wildman–Crippen LogP) is 3.58. The van der Waals surface area contributed by atoms with Crippen LogP contribution in [0.2, 0.25) is 5.02 Å². The van der Waals surface area contributed by atoms with Crippen LogP contribution in [-0.2, 0) is 6.18 Å². The van der Waals surface area contributed by atoms with Gasteiger partial charge in [-0.2, -0.15) is 23.0 Å². The highest BCUT2D eigenvalue weighted by molar-refractivity contribution is 6.30. The number of halogens is 4. The van der Waals surface area contributed by atoms with E-state index in [9.17, 15) is 13.2 Å². The highest BCUT2D eigenvalue weighted by Crippen LogP contribution is 2.37. The molecular formula is C16H9ClF3N7. The number of pyridine rings is 1. The van der Waals surface area contributed by atoms with Crippen molar-refractivity contribution in [3.05, 3.63) is 65.6 Å². The number of benzene rings is 1. The average Bonchev–Trinajstić information content (AvgIpc) is 3.29. The number of rotatable bonds is 3. The molecule has 0 saturated carbocycles. The largest absolute Gasteiger partial charge is 0.434 e. The van der Waals surface area contributed by atoms with E-state index in [-0.39, 0.29) is 17.2 Å². The molecule has 0 aliphatic rings. The third-order valence-electron chi connectivity index (χ3n) is 3.69. The second-order valence-corrected chi connectivity index (χ2v) is 5.83. The van der Waals surface area contributed by atoms with E-state index < -0.39 is 11.9 Å². The molecule has 0 fully saturated rings. The molecule has 0 amide bonds. The van der Waals surface area contributed by atoms with Gasteiger partial charge >= 0.3 is 6.18 Å². The molecule has 7 nitrogen and oxygen atoms in total. The molecule has 136 valence electrons. The van der Waals surface area contributed by atoms with Crippen molar-refractivity contribution < 1.29 is 13.2 Å². The van der Waals surface area contributed by atoms with Gasteiger partial charge in [-0.15, -0.1) is 5.10 Å². The zero-order chi connectivity index (χ0) is 19.0. The number of hydrogen-bond acceptors (Lipinski definition) is 5. The molecule has 0 saturated heterocycles. The van der Waals surface area contributed by atoms with Crippen LogP contribution < -0.4 is 0 Å². The summed E-state index contributed by atoms with van der Waals surface area (Å²) in [4.78, 5) is 3.94. The van der Waals surface area contributed by atoms with Crippen molar-refractivity contribution in [1.82, 2.24) is 35.0 Å². The number of hydrogen-bond donors (Lipinski definition) is 0. The van der Waals surface area contributed by atoms with Crippen molar-refractivity contribution >= 4 is 11.6 Å². The lowest BCUT2D eigenvalue weighted by Crippen LogP contribution is -2.16. The molecule has 0 atom stereocenters. The topological polar surface area (TPSA) is 74.3 Å². The van der Waals surface area contributed by atoms with Gasteiger partial charge in [0.25, 0.3) is 0 Å². The Morgan fingerprint density at radius 1 is 0.963 bits per heavy atom. The number of tetrazole rings is 1. The fourth-order valence-corrected chi connectivity index (χ4v) is 2.67. The first-order valence-corrected chi connectivity index (χ1v) is 7.94. The molecule has 27 heavy (non-hydrogen) atoms. The van der Waals surface area contributed by atoms with Crippen LogP contribution in [0.15, 0.2) is 54.9 Å². The Morgan fingerprint density at radius 2 is 1.74 bits per heavy atom. The second-order valence-electron chi connectivity index (χ2n) is 5.40. The lowest BCUT2D eigenvalue weighted by molar-refractivity contribution is -0.142. The van der Waals surface area contributed by atoms with Crippen molar-refractivity contribution in [1.29, 1.82) is 0 Å². The monoisotopic (exact) mass is 391 g/mol. The normalized spacial score (nSPS) is 11.7. The summed E-state index contributed by atoms with van der Waals surface area (Å²) in [6, 6.07) is 11.0. The smallest absolute Gasteiger partial charge is 0.237 e. The van der Waals surface area contributed by atoms with Crippen LogP contribution in [0.5, 0.6) is 0 Å². The molecule has 11 heteroatoms. The summed E-state index contributed by atoms with van der Waals surface area (Å²) in [6.07, 6.45) is -2.26. The molecule has 0 spiro atoms. The third-order valence-corrected chi connectivity index (χ3v) is 3.94. The maximum atomic E-state index is 13.8. The molecule has 3 heterocycles. The van der Waals surface area contributed by atoms with Crippen molar-refractivity contribution in [3.8, 4) is 22.9 Å². The molecule has 4 rings (SSSR count). The van der Waals surface area contributed by atoms with Gasteiger partial charge in [-0.1, -0.05) is 17.7 Å². The molecule has 4 aromatic rings. The molecule has 0 aliphatic carbocycles. The molecule has 0 aliphatic heterocycles. The highest BCUT2D eigenvalue weighted by atomic mass is 35.5. The summed E-state index contributed by atoms with van der Waals surface area (Å²) in [5, 5.41) is 15.4. The van der Waals surface area contributed by atoms with Crippen LogP contribution in [0.4, 0.5) is 13.2 Å². The van der Waals surface area contributed by atoms with Gasteiger partial charge in [0.05, 0.1) is 17.4 Å². The molecule has 0 radical (unpaired) electrons. The van der Waals surface area contributed by atoms with Crippen molar-refractivity contribution in [2.45, 2.75) is 6.18 Å². The first-order chi connectivity index (χ1) is 12.9. The van der Waals surface area contributed by atoms with Crippen molar-refractivity contribution in [3.63, 3.8) is 0 Å². The fourth-order valence-electron chi connectivity index (χ4n) is 2.55. The van der Waals surface area contributed by atoms with E-state index >= 15 is 0 Å². The van der Waals surface area contributed by atoms with Crippen LogP contribution in [0, 0.1) is 0 Å². The van der Waals surface area contributed by atoms with E-state index in [1.54, 1.807) is 36.4 Å². The Kier molecular flexibility index (Phi) is 4.11. The Balaban J connectivity index is 1.91. The standard InChI is InChI=1S/C16H9ClF3N7/c17-10-4-6-11(7-5-10)26-15(23-24-25-26)12-9-22-27(14(12)16(18,19)20)13-3-1-2-8-21-13/h1-9H. The minimum atomic E-state index is -4.71. The van der Waals surface area contributed by atoms with Gasteiger partial charge in [-0.3, -0.25) is 0 Å². The number of nitrogens with zero attached hydrogens (tertiary/aromatic N) is 7. The van der Waals surface area contributed by atoms with E-state index in [0.29, 0.717) is 10.7 Å². The molecule has 0 unspecified atom stereocenters. The van der Waals surface area contributed by atoms with Gasteiger partial charge in [0.1, 0.15) is 0 Å². The van der Waals surface area contributed by atoms with Crippen LogP contribution in [-0.4, -0.2) is 35.0 Å². The summed E-state index contributed by atoms with van der Waals surface area (Å²) in [5.41, 5.74) is -0.836. The first-order valence-electron chi connectivity index (χ1n) is 7.56. The van der Waals surface area contributed by atoms with Gasteiger partial charge in [-0.05, 0) is 46.8 Å². The predicted molar refractivity (Wildman–Crippen MR) is 89.5 cm³/mol. The Hall–Kier alpha value is -3.27. The minimum Gasteiger partial charge on any atom is -0.237 e. The summed E-state index contributed by atoms with van der Waals surface area (Å²) in [5.74, 6) is -0.0755. The van der Waals surface area contributed by atoms with E-state index in [1.165, 1.54) is 16.9 Å². The maximum absolute atomic E-state index is 13.8. The second kappa shape index (κ2) is 6.47. The number of aromatic nitrogens is 7. The Morgan fingerprint density at radius 3 is 2.41 bits per heavy atom. The van der Waals surface area contributed by atoms with E-state index in [2.05, 4.69) is 25.6 Å². The van der Waals surface area contributed by atoms with Gasteiger partial charge in [0, 0.05) is 11.2 Å². The van der Waals surface area contributed by atoms with Gasteiger partial charge in [-0.25, -0.2) is 9.67 Å². The van der Waals surface area contributed by atoms with Gasteiger partial charge in [0.15, 0.2) is 17.3 Å². The lowest BCUT2D eigenvalue weighted by Gasteiger charge is -2.12. The van der Waals surface area contributed by atoms with Gasteiger partial charge < -0.3 is 0 Å². The fraction of sp³-hybridized carbons (Fsp3) is 0.0625. The maximum Gasteiger partial charge on any atom is 0.434 e. The van der Waals surface area contributed by atoms with Crippen molar-refractivity contribution in [2.24, 2.45) is 0 Å². The lowest BCUT2D eigenvalue weighted by atomic mass is 10.2. The summed E-state index contributed by atoms with van der Waals surface area (Å²) in [6.45, 7) is 0. The molecule has 3 aromatic heterocycles. The van der Waals surface area contributed by atoms with Crippen molar-refractivity contribution in [2.75, 3.05) is 0 Å². The highest BCUT2D eigenvalue weighted by Gasteiger charge is 2.40. The summed E-state index contributed by atoms with van der Waals surface area (Å²) in [7, 11) is 0. The minimum absolute atomic E-state index is 0.0293. The molecule has 0 N–H and O–H groups in total. The first kappa shape index (κ1) is 17.2. The molecule has 1 aromatic carbocycles. The third kappa shape index (κ3) is 3.14. The summed E-state index contributed by atoms with van der Waals surface area (Å²) < 4.78 is 43.4.